The molecule has 0 saturated heterocycles. The molecule has 6 heteroatoms. The molecule has 2 rings (SSSR count). The van der Waals surface area contributed by atoms with Gasteiger partial charge in [-0.05, 0) is 38.1 Å². The van der Waals surface area contributed by atoms with Crippen molar-refractivity contribution in [1.29, 1.82) is 0 Å². The van der Waals surface area contributed by atoms with E-state index in [2.05, 4.69) is 10.3 Å². The summed E-state index contributed by atoms with van der Waals surface area (Å²) in [7, 11) is 0. The van der Waals surface area contributed by atoms with Crippen molar-refractivity contribution in [2.24, 2.45) is 11.1 Å². The van der Waals surface area contributed by atoms with Gasteiger partial charge in [-0.15, -0.1) is 0 Å². The Labute approximate surface area is 127 Å². The maximum Gasteiger partial charge on any atom is 0.236 e. The average Bonchev–Trinajstić information content (AvgIpc) is 2.42. The zero-order chi connectivity index (χ0) is 14.9. The first-order valence-corrected chi connectivity index (χ1v) is 6.77. The molecule has 1 heterocycles. The number of benzene rings is 1. The van der Waals surface area contributed by atoms with Gasteiger partial charge in [-0.1, -0.05) is 23.8 Å². The number of nitrogens with one attached hydrogen (secondary N) is 1. The summed E-state index contributed by atoms with van der Waals surface area (Å²) in [5.41, 5.74) is 5.88. The molecule has 0 unspecified atom stereocenters. The second-order valence-electron chi connectivity index (χ2n) is 4.94. The van der Waals surface area contributed by atoms with E-state index in [4.69, 9.17) is 29.6 Å². The van der Waals surface area contributed by atoms with Crippen molar-refractivity contribution in [1.82, 2.24) is 4.98 Å². The normalized spacial score (nSPS) is 11.3. The van der Waals surface area contributed by atoms with Crippen molar-refractivity contribution < 1.29 is 4.79 Å². The first-order valence-electron chi connectivity index (χ1n) is 5.98. The van der Waals surface area contributed by atoms with E-state index >= 15 is 0 Å². The van der Waals surface area contributed by atoms with Crippen LogP contribution in [0.1, 0.15) is 13.8 Å². The number of carbonyl (C=O) groups is 1. The highest BCUT2D eigenvalue weighted by Crippen LogP contribution is 2.29. The smallest absolute Gasteiger partial charge is 0.236 e. The highest BCUT2D eigenvalue weighted by atomic mass is 35.5. The number of fused-ring (bicyclic) bond motifs is 1. The molecule has 0 aliphatic rings. The molecule has 0 aliphatic carbocycles. The number of nitrogens with zero attached hydrogens (tertiary/aromatic N) is 1. The number of carbonyl (C=O) groups excluding carboxylic acids is 1. The summed E-state index contributed by atoms with van der Waals surface area (Å²) in [6.45, 7) is 3.35. The van der Waals surface area contributed by atoms with E-state index in [1.165, 1.54) is 0 Å². The molecule has 3 N–H and O–H groups in total. The van der Waals surface area contributed by atoms with Gasteiger partial charge in [-0.25, -0.2) is 0 Å². The maximum absolute atomic E-state index is 12.3. The second-order valence-corrected chi connectivity index (χ2v) is 5.78. The van der Waals surface area contributed by atoms with Crippen LogP contribution < -0.4 is 11.1 Å². The molecular weight excluding hydrogens is 294 g/mol. The Kier molecular flexibility index (Phi) is 3.92. The molecule has 1 amide bonds. The van der Waals surface area contributed by atoms with Crippen LogP contribution in [0.25, 0.3) is 10.9 Å². The van der Waals surface area contributed by atoms with E-state index in [-0.39, 0.29) is 10.9 Å². The summed E-state index contributed by atoms with van der Waals surface area (Å²) in [6, 6.07) is 7.07. The number of hydrogen-bond donors (Lipinski definition) is 2. The van der Waals surface area contributed by atoms with Crippen LogP contribution in [0.4, 0.5) is 5.69 Å². The van der Waals surface area contributed by atoms with Crippen LogP contribution >= 0.6 is 23.8 Å². The van der Waals surface area contributed by atoms with Gasteiger partial charge in [0.15, 0.2) is 0 Å². The predicted molar refractivity (Wildman–Crippen MR) is 85.9 cm³/mol. The Hall–Kier alpha value is -1.72. The molecule has 0 fully saturated rings. The molecule has 0 spiro atoms. The summed E-state index contributed by atoms with van der Waals surface area (Å²) in [5, 5.41) is 4.17. The van der Waals surface area contributed by atoms with Crippen LogP contribution in [0.15, 0.2) is 30.5 Å². The van der Waals surface area contributed by atoms with Gasteiger partial charge >= 0.3 is 0 Å². The number of aromatic nitrogens is 1. The topological polar surface area (TPSA) is 68.0 Å². The fourth-order valence-electron chi connectivity index (χ4n) is 1.63. The van der Waals surface area contributed by atoms with Gasteiger partial charge in [0.1, 0.15) is 0 Å². The molecule has 2 aromatic rings. The molecule has 104 valence electrons. The van der Waals surface area contributed by atoms with E-state index in [1.54, 1.807) is 38.2 Å². The summed E-state index contributed by atoms with van der Waals surface area (Å²) in [4.78, 5) is 16.7. The number of rotatable bonds is 3. The monoisotopic (exact) mass is 307 g/mol. The molecule has 0 radical (unpaired) electrons. The molecule has 20 heavy (non-hydrogen) atoms. The lowest BCUT2D eigenvalue weighted by Gasteiger charge is -2.22. The summed E-state index contributed by atoms with van der Waals surface area (Å²) < 4.78 is 0. The van der Waals surface area contributed by atoms with E-state index in [0.29, 0.717) is 16.2 Å². The van der Waals surface area contributed by atoms with Crippen LogP contribution in [0.3, 0.4) is 0 Å². The zero-order valence-corrected chi connectivity index (χ0v) is 12.7. The van der Waals surface area contributed by atoms with Crippen molar-refractivity contribution in [3.05, 3.63) is 35.5 Å². The Balaban J connectivity index is 2.43. The molecule has 1 aromatic heterocycles. The van der Waals surface area contributed by atoms with Crippen LogP contribution in [-0.4, -0.2) is 15.9 Å². The number of pyridine rings is 1. The largest absolute Gasteiger partial charge is 0.392 e. The number of amides is 1. The molecule has 0 atom stereocenters. The number of halogens is 1. The molecule has 0 saturated carbocycles. The molecule has 4 nitrogen and oxygen atoms in total. The average molecular weight is 308 g/mol. The van der Waals surface area contributed by atoms with Crippen molar-refractivity contribution in [2.75, 3.05) is 5.32 Å². The van der Waals surface area contributed by atoms with Gasteiger partial charge in [0.05, 0.1) is 26.6 Å². The van der Waals surface area contributed by atoms with E-state index in [0.717, 1.165) is 5.39 Å². The number of hydrogen-bond acceptors (Lipinski definition) is 3. The van der Waals surface area contributed by atoms with Crippen LogP contribution in [0.5, 0.6) is 0 Å². The van der Waals surface area contributed by atoms with Gasteiger partial charge in [0, 0.05) is 11.6 Å². The molecule has 0 bridgehead atoms. The molecular formula is C14H14ClN3OS. The lowest BCUT2D eigenvalue weighted by atomic mass is 9.92. The lowest BCUT2D eigenvalue weighted by molar-refractivity contribution is -0.121. The van der Waals surface area contributed by atoms with Gasteiger partial charge in [0.2, 0.25) is 5.91 Å². The van der Waals surface area contributed by atoms with Gasteiger partial charge in [-0.3, -0.25) is 9.78 Å². The third-order valence-electron chi connectivity index (χ3n) is 3.15. The third-order valence-corrected chi connectivity index (χ3v) is 3.99. The van der Waals surface area contributed by atoms with Crippen molar-refractivity contribution in [3.8, 4) is 0 Å². The lowest BCUT2D eigenvalue weighted by Crippen LogP contribution is -2.41. The van der Waals surface area contributed by atoms with Gasteiger partial charge in [-0.2, -0.15) is 0 Å². The quantitative estimate of drug-likeness (QED) is 0.855. The Morgan fingerprint density at radius 1 is 1.40 bits per heavy atom. The standard InChI is InChI=1S/C14H14ClN3OS/c1-14(2,12(16)20)13(19)18-10-6-5-9(15)8-4-3-7-17-11(8)10/h3-7H,1-2H3,(H2,16,20)(H,18,19). The SMILES string of the molecule is CC(C)(C(=O)Nc1ccc(Cl)c2cccnc12)C(N)=S. The Morgan fingerprint density at radius 3 is 2.75 bits per heavy atom. The number of nitrogens with two attached hydrogens (primary N) is 1. The van der Waals surface area contributed by atoms with E-state index in [9.17, 15) is 4.79 Å². The van der Waals surface area contributed by atoms with Crippen molar-refractivity contribution in [3.63, 3.8) is 0 Å². The zero-order valence-electron chi connectivity index (χ0n) is 11.1. The third kappa shape index (κ3) is 2.59. The van der Waals surface area contributed by atoms with Crippen LogP contribution in [0.2, 0.25) is 5.02 Å². The minimum absolute atomic E-state index is 0.140. The summed E-state index contributed by atoms with van der Waals surface area (Å²) >= 11 is 11.0. The number of anilines is 1. The second kappa shape index (κ2) is 5.34. The highest BCUT2D eigenvalue weighted by molar-refractivity contribution is 7.80. The van der Waals surface area contributed by atoms with Gasteiger partial charge in [0.25, 0.3) is 0 Å². The fourth-order valence-corrected chi connectivity index (χ4v) is 1.94. The Morgan fingerprint density at radius 2 is 2.10 bits per heavy atom. The molecule has 1 aromatic carbocycles. The number of thiocarbonyl (C=S) groups is 1. The maximum atomic E-state index is 12.3. The fraction of sp³-hybridized carbons (Fsp3) is 0.214. The minimum atomic E-state index is -0.934. The summed E-state index contributed by atoms with van der Waals surface area (Å²) in [6.07, 6.45) is 1.65. The van der Waals surface area contributed by atoms with Crippen molar-refractivity contribution in [2.45, 2.75) is 13.8 Å². The van der Waals surface area contributed by atoms with Crippen molar-refractivity contribution >= 4 is 51.3 Å². The van der Waals surface area contributed by atoms with E-state index < -0.39 is 5.41 Å². The first-order chi connectivity index (χ1) is 9.34. The predicted octanol–water partition coefficient (Wildman–Crippen LogP) is 3.14. The van der Waals surface area contributed by atoms with Gasteiger partial charge < -0.3 is 11.1 Å². The highest BCUT2D eigenvalue weighted by Gasteiger charge is 2.31. The Bertz CT molecular complexity index is 700. The van der Waals surface area contributed by atoms with Crippen LogP contribution in [-0.2, 0) is 4.79 Å². The first kappa shape index (κ1) is 14.7. The summed E-state index contributed by atoms with van der Waals surface area (Å²) in [5.74, 6) is -0.278. The van der Waals surface area contributed by atoms with E-state index in [1.807, 2.05) is 6.07 Å². The minimum Gasteiger partial charge on any atom is -0.392 e. The van der Waals surface area contributed by atoms with Crippen LogP contribution in [0, 0.1) is 5.41 Å². The molecule has 0 aliphatic heterocycles.